The van der Waals surface area contributed by atoms with E-state index in [0.717, 1.165) is 5.69 Å². The van der Waals surface area contributed by atoms with Crippen molar-refractivity contribution in [2.75, 3.05) is 30.9 Å². The van der Waals surface area contributed by atoms with Crippen molar-refractivity contribution in [1.29, 1.82) is 5.26 Å². The Hall–Kier alpha value is -3.47. The van der Waals surface area contributed by atoms with E-state index in [1.807, 2.05) is 6.92 Å². The molecule has 1 aromatic carbocycles. The van der Waals surface area contributed by atoms with Gasteiger partial charge in [0.05, 0.1) is 6.07 Å². The van der Waals surface area contributed by atoms with E-state index in [1.165, 1.54) is 4.90 Å². The molecule has 1 N–H and O–H groups in total. The lowest BCUT2D eigenvalue weighted by molar-refractivity contribution is -0.123. The van der Waals surface area contributed by atoms with Crippen molar-refractivity contribution in [2.45, 2.75) is 19.8 Å². The number of hydrogen-bond donors (Lipinski definition) is 1. The number of nitriles is 1. The zero-order valence-electron chi connectivity index (χ0n) is 16.1. The Kier molecular flexibility index (Phi) is 5.27. The van der Waals surface area contributed by atoms with Crippen molar-refractivity contribution in [1.82, 2.24) is 14.9 Å². The Morgan fingerprint density at radius 2 is 2.04 bits per heavy atom. The fourth-order valence-corrected chi connectivity index (χ4v) is 3.14. The van der Waals surface area contributed by atoms with Gasteiger partial charge < -0.3 is 10.2 Å². The van der Waals surface area contributed by atoms with Crippen molar-refractivity contribution < 1.29 is 9.59 Å². The Labute approximate surface area is 163 Å². The van der Waals surface area contributed by atoms with Crippen LogP contribution in [0.1, 0.15) is 30.1 Å². The standard InChI is InChI=1S/C20H22N6O2/c1-4-20(13-21)10-12-26(18(20)28)16-9-11-22-19(24-16)23-15-7-5-14(6-8-15)17(27)25(2)3/h5-9,11H,4,10,12H2,1-3H3,(H,22,23,24). The van der Waals surface area contributed by atoms with E-state index in [4.69, 9.17) is 0 Å². The number of carbonyl (C=O) groups is 2. The predicted octanol–water partition coefficient (Wildman–Crippen LogP) is 2.58. The summed E-state index contributed by atoms with van der Waals surface area (Å²) in [6, 6.07) is 10.8. The number of anilines is 3. The molecule has 1 aliphatic heterocycles. The average molecular weight is 378 g/mol. The van der Waals surface area contributed by atoms with Crippen LogP contribution in [0.3, 0.4) is 0 Å². The molecule has 28 heavy (non-hydrogen) atoms. The summed E-state index contributed by atoms with van der Waals surface area (Å²) in [7, 11) is 3.40. The first-order valence-electron chi connectivity index (χ1n) is 9.05. The first kappa shape index (κ1) is 19.3. The highest BCUT2D eigenvalue weighted by atomic mass is 16.2. The van der Waals surface area contributed by atoms with E-state index in [1.54, 1.807) is 55.5 Å². The van der Waals surface area contributed by atoms with Gasteiger partial charge in [0.25, 0.3) is 5.91 Å². The van der Waals surface area contributed by atoms with Crippen LogP contribution < -0.4 is 10.2 Å². The SMILES string of the molecule is CCC1(C#N)CCN(c2ccnc(Nc3ccc(C(=O)N(C)C)cc3)n2)C1=O. The maximum atomic E-state index is 12.7. The molecule has 0 spiro atoms. The summed E-state index contributed by atoms with van der Waals surface area (Å²) in [5.41, 5.74) is 0.341. The van der Waals surface area contributed by atoms with Gasteiger partial charge in [-0.2, -0.15) is 10.2 Å². The van der Waals surface area contributed by atoms with Crippen LogP contribution in [-0.4, -0.2) is 47.3 Å². The molecule has 1 unspecified atom stereocenters. The highest BCUT2D eigenvalue weighted by Gasteiger charge is 2.46. The molecule has 8 heteroatoms. The van der Waals surface area contributed by atoms with Crippen LogP contribution in [0.15, 0.2) is 36.5 Å². The first-order valence-corrected chi connectivity index (χ1v) is 9.05. The summed E-state index contributed by atoms with van der Waals surface area (Å²) in [6.07, 6.45) is 2.54. The molecule has 1 fully saturated rings. The number of hydrogen-bond acceptors (Lipinski definition) is 6. The van der Waals surface area contributed by atoms with Gasteiger partial charge in [-0.05, 0) is 43.2 Å². The highest BCUT2D eigenvalue weighted by molar-refractivity contribution is 6.01. The predicted molar refractivity (Wildman–Crippen MR) is 105 cm³/mol. The minimum absolute atomic E-state index is 0.0748. The summed E-state index contributed by atoms with van der Waals surface area (Å²) in [5, 5.41) is 12.5. The third-order valence-corrected chi connectivity index (χ3v) is 4.95. The number of nitrogens with one attached hydrogen (secondary N) is 1. The number of nitrogens with zero attached hydrogens (tertiary/aromatic N) is 5. The molecule has 2 heterocycles. The van der Waals surface area contributed by atoms with Gasteiger partial charge in [0.1, 0.15) is 11.2 Å². The minimum atomic E-state index is -0.965. The van der Waals surface area contributed by atoms with E-state index >= 15 is 0 Å². The Bertz CT molecular complexity index is 934. The van der Waals surface area contributed by atoms with Gasteiger partial charge in [0.15, 0.2) is 0 Å². The van der Waals surface area contributed by atoms with Gasteiger partial charge in [-0.25, -0.2) is 4.98 Å². The third-order valence-electron chi connectivity index (χ3n) is 4.95. The molecule has 1 saturated heterocycles. The van der Waals surface area contributed by atoms with Crippen molar-refractivity contribution in [3.63, 3.8) is 0 Å². The molecule has 8 nitrogen and oxygen atoms in total. The van der Waals surface area contributed by atoms with Crippen LogP contribution in [0.5, 0.6) is 0 Å². The van der Waals surface area contributed by atoms with Crippen LogP contribution >= 0.6 is 0 Å². The lowest BCUT2D eigenvalue weighted by atomic mass is 9.85. The highest BCUT2D eigenvalue weighted by Crippen LogP contribution is 2.36. The second kappa shape index (κ2) is 7.64. The lowest BCUT2D eigenvalue weighted by Gasteiger charge is -2.19. The Morgan fingerprint density at radius 3 is 2.61 bits per heavy atom. The maximum absolute atomic E-state index is 12.7. The molecular weight excluding hydrogens is 356 g/mol. The van der Waals surface area contributed by atoms with Crippen LogP contribution in [-0.2, 0) is 4.79 Å². The summed E-state index contributed by atoms with van der Waals surface area (Å²) in [4.78, 5) is 36.3. The van der Waals surface area contributed by atoms with Crippen LogP contribution in [0.4, 0.5) is 17.5 Å². The molecule has 0 aliphatic carbocycles. The quantitative estimate of drug-likeness (QED) is 0.858. The molecule has 2 aromatic rings. The molecule has 1 aliphatic rings. The summed E-state index contributed by atoms with van der Waals surface area (Å²) < 4.78 is 0. The van der Waals surface area contributed by atoms with E-state index in [2.05, 4.69) is 21.4 Å². The van der Waals surface area contributed by atoms with Gasteiger partial charge in [0, 0.05) is 38.1 Å². The second-order valence-electron chi connectivity index (χ2n) is 6.89. The zero-order chi connectivity index (χ0) is 20.3. The topological polar surface area (TPSA) is 102 Å². The number of aromatic nitrogens is 2. The van der Waals surface area contributed by atoms with Gasteiger partial charge in [-0.15, -0.1) is 0 Å². The van der Waals surface area contributed by atoms with Crippen LogP contribution in [0, 0.1) is 16.7 Å². The van der Waals surface area contributed by atoms with E-state index in [0.29, 0.717) is 36.7 Å². The molecule has 1 atom stereocenters. The average Bonchev–Trinajstić information content (AvgIpc) is 3.05. The summed E-state index contributed by atoms with van der Waals surface area (Å²) in [5.74, 6) is 0.512. The number of carbonyl (C=O) groups excluding carboxylic acids is 2. The molecule has 144 valence electrons. The molecule has 0 radical (unpaired) electrons. The first-order chi connectivity index (χ1) is 13.4. The van der Waals surface area contributed by atoms with Gasteiger partial charge in [-0.1, -0.05) is 6.92 Å². The number of rotatable bonds is 5. The van der Waals surface area contributed by atoms with Gasteiger partial charge in [0.2, 0.25) is 11.9 Å². The number of benzene rings is 1. The fourth-order valence-electron chi connectivity index (χ4n) is 3.14. The minimum Gasteiger partial charge on any atom is -0.345 e. The molecule has 0 bridgehead atoms. The second-order valence-corrected chi connectivity index (χ2v) is 6.89. The molecule has 0 saturated carbocycles. The summed E-state index contributed by atoms with van der Waals surface area (Å²) >= 11 is 0. The molecule has 2 amide bonds. The fraction of sp³-hybridized carbons (Fsp3) is 0.350. The van der Waals surface area contributed by atoms with Crippen LogP contribution in [0.2, 0.25) is 0 Å². The van der Waals surface area contributed by atoms with E-state index < -0.39 is 5.41 Å². The number of amides is 2. The van der Waals surface area contributed by atoms with Crippen molar-refractivity contribution in [2.24, 2.45) is 5.41 Å². The smallest absolute Gasteiger partial charge is 0.253 e. The Balaban J connectivity index is 1.77. The maximum Gasteiger partial charge on any atom is 0.253 e. The van der Waals surface area contributed by atoms with E-state index in [-0.39, 0.29) is 11.8 Å². The largest absolute Gasteiger partial charge is 0.345 e. The van der Waals surface area contributed by atoms with Crippen molar-refractivity contribution in [3.8, 4) is 6.07 Å². The molecule has 1 aromatic heterocycles. The van der Waals surface area contributed by atoms with Crippen molar-refractivity contribution >= 4 is 29.3 Å². The lowest BCUT2D eigenvalue weighted by Crippen LogP contribution is -2.33. The molecule has 3 rings (SSSR count). The molecular formula is C20H22N6O2. The van der Waals surface area contributed by atoms with Gasteiger partial charge in [-0.3, -0.25) is 14.5 Å². The van der Waals surface area contributed by atoms with Crippen LogP contribution in [0.25, 0.3) is 0 Å². The Morgan fingerprint density at radius 1 is 1.32 bits per heavy atom. The monoisotopic (exact) mass is 378 g/mol. The van der Waals surface area contributed by atoms with Crippen molar-refractivity contribution in [3.05, 3.63) is 42.1 Å². The van der Waals surface area contributed by atoms with Gasteiger partial charge >= 0.3 is 0 Å². The van der Waals surface area contributed by atoms with E-state index in [9.17, 15) is 14.9 Å². The summed E-state index contributed by atoms with van der Waals surface area (Å²) in [6.45, 7) is 2.31. The zero-order valence-corrected chi connectivity index (χ0v) is 16.1. The third kappa shape index (κ3) is 3.51. The normalized spacial score (nSPS) is 18.6.